The van der Waals surface area contributed by atoms with Crippen LogP contribution in [0.25, 0.3) is 22.3 Å². The molecule has 0 amide bonds. The van der Waals surface area contributed by atoms with E-state index in [0.717, 1.165) is 22.3 Å². The fourth-order valence-electron chi connectivity index (χ4n) is 3.07. The maximum Gasteiger partial charge on any atom is 0.162 e. The van der Waals surface area contributed by atoms with Gasteiger partial charge in [0.2, 0.25) is 0 Å². The molecule has 0 saturated carbocycles. The van der Waals surface area contributed by atoms with Crippen LogP contribution in [0.2, 0.25) is 5.02 Å². The van der Waals surface area contributed by atoms with E-state index in [1.807, 2.05) is 48.5 Å². The Morgan fingerprint density at radius 2 is 1.63 bits per heavy atom. The number of halogens is 1. The molecule has 1 N–H and O–H groups in total. The predicted octanol–water partition coefficient (Wildman–Crippen LogP) is 6.43. The molecule has 1 unspecified atom stereocenters. The highest BCUT2D eigenvalue weighted by Crippen LogP contribution is 2.29. The van der Waals surface area contributed by atoms with Crippen molar-refractivity contribution in [2.75, 3.05) is 5.32 Å². The monoisotopic (exact) mass is 373 g/mol. The van der Waals surface area contributed by atoms with Gasteiger partial charge < -0.3 is 5.32 Å². The first-order valence-electron chi connectivity index (χ1n) is 8.96. The number of aryl methyl sites for hydroxylation is 1. The summed E-state index contributed by atoms with van der Waals surface area (Å²) >= 11 is 6.21. The van der Waals surface area contributed by atoms with Crippen LogP contribution in [0.3, 0.4) is 0 Å². The molecule has 27 heavy (non-hydrogen) atoms. The van der Waals surface area contributed by atoms with Gasteiger partial charge in [0.1, 0.15) is 5.82 Å². The van der Waals surface area contributed by atoms with Gasteiger partial charge in [0.15, 0.2) is 5.82 Å². The molecule has 4 aromatic rings. The van der Waals surface area contributed by atoms with Gasteiger partial charge in [0.05, 0.1) is 5.52 Å². The molecule has 4 heteroatoms. The van der Waals surface area contributed by atoms with Crippen molar-refractivity contribution < 1.29 is 0 Å². The molecule has 1 heterocycles. The highest BCUT2D eigenvalue weighted by atomic mass is 35.5. The number of hydrogen-bond donors (Lipinski definition) is 1. The SMILES string of the molecule is Cc1ccc(-c2nc(NC(C)c3ccccc3)c3ccc(Cl)cc3n2)cc1. The second-order valence-electron chi connectivity index (χ2n) is 6.70. The lowest BCUT2D eigenvalue weighted by Crippen LogP contribution is -2.09. The van der Waals surface area contributed by atoms with Gasteiger partial charge >= 0.3 is 0 Å². The molecule has 4 rings (SSSR count). The van der Waals surface area contributed by atoms with E-state index >= 15 is 0 Å². The first-order chi connectivity index (χ1) is 13.1. The number of anilines is 1. The standard InChI is InChI=1S/C23H20ClN3/c1-15-8-10-18(11-9-15)22-26-21-14-19(24)12-13-20(21)23(27-22)25-16(2)17-6-4-3-5-7-17/h3-14,16H,1-2H3,(H,25,26,27). The maximum absolute atomic E-state index is 6.21. The van der Waals surface area contributed by atoms with Crippen LogP contribution in [0, 0.1) is 6.92 Å². The molecular formula is C23H20ClN3. The molecule has 134 valence electrons. The van der Waals surface area contributed by atoms with Crippen molar-refractivity contribution >= 4 is 28.3 Å². The molecule has 0 radical (unpaired) electrons. The predicted molar refractivity (Wildman–Crippen MR) is 113 cm³/mol. The third-order valence-corrected chi connectivity index (χ3v) is 4.86. The molecule has 0 aliphatic carbocycles. The molecular weight excluding hydrogens is 354 g/mol. The second kappa shape index (κ2) is 7.37. The zero-order valence-electron chi connectivity index (χ0n) is 15.3. The summed E-state index contributed by atoms with van der Waals surface area (Å²) in [5.74, 6) is 1.50. The number of nitrogens with zero attached hydrogens (tertiary/aromatic N) is 2. The highest BCUT2D eigenvalue weighted by molar-refractivity contribution is 6.31. The van der Waals surface area contributed by atoms with E-state index < -0.39 is 0 Å². The van der Waals surface area contributed by atoms with Crippen LogP contribution in [0.1, 0.15) is 24.1 Å². The highest BCUT2D eigenvalue weighted by Gasteiger charge is 2.13. The molecule has 3 aromatic carbocycles. The van der Waals surface area contributed by atoms with E-state index in [9.17, 15) is 0 Å². The van der Waals surface area contributed by atoms with Crippen LogP contribution in [-0.2, 0) is 0 Å². The summed E-state index contributed by atoms with van der Waals surface area (Å²) in [4.78, 5) is 9.57. The smallest absolute Gasteiger partial charge is 0.162 e. The van der Waals surface area contributed by atoms with Gasteiger partial charge in [0.25, 0.3) is 0 Å². The number of aromatic nitrogens is 2. The quantitative estimate of drug-likeness (QED) is 0.447. The fraction of sp³-hybridized carbons (Fsp3) is 0.130. The van der Waals surface area contributed by atoms with Crippen LogP contribution in [0.5, 0.6) is 0 Å². The van der Waals surface area contributed by atoms with Crippen molar-refractivity contribution in [3.8, 4) is 11.4 Å². The summed E-state index contributed by atoms with van der Waals surface area (Å²) in [5, 5.41) is 5.17. The summed E-state index contributed by atoms with van der Waals surface area (Å²) in [5.41, 5.74) is 4.22. The summed E-state index contributed by atoms with van der Waals surface area (Å²) in [6, 6.07) is 24.4. The summed E-state index contributed by atoms with van der Waals surface area (Å²) in [6.07, 6.45) is 0. The Morgan fingerprint density at radius 3 is 2.37 bits per heavy atom. The molecule has 0 spiro atoms. The van der Waals surface area contributed by atoms with E-state index in [-0.39, 0.29) is 6.04 Å². The van der Waals surface area contributed by atoms with Gasteiger partial charge in [-0.05, 0) is 37.6 Å². The minimum absolute atomic E-state index is 0.117. The van der Waals surface area contributed by atoms with E-state index in [4.69, 9.17) is 21.6 Å². The number of fused-ring (bicyclic) bond motifs is 1. The Balaban J connectivity index is 1.81. The molecule has 0 fully saturated rings. The van der Waals surface area contributed by atoms with Crippen LogP contribution in [0.4, 0.5) is 5.82 Å². The third kappa shape index (κ3) is 3.79. The molecule has 3 nitrogen and oxygen atoms in total. The Kier molecular flexibility index (Phi) is 4.78. The van der Waals surface area contributed by atoms with Crippen molar-refractivity contribution in [1.82, 2.24) is 9.97 Å². The number of hydrogen-bond acceptors (Lipinski definition) is 3. The maximum atomic E-state index is 6.21. The molecule has 1 aromatic heterocycles. The third-order valence-electron chi connectivity index (χ3n) is 4.62. The Morgan fingerprint density at radius 1 is 0.889 bits per heavy atom. The molecule has 0 bridgehead atoms. The van der Waals surface area contributed by atoms with Crippen molar-refractivity contribution in [1.29, 1.82) is 0 Å². The van der Waals surface area contributed by atoms with Gasteiger partial charge in [-0.1, -0.05) is 71.8 Å². The number of rotatable bonds is 4. The fourth-order valence-corrected chi connectivity index (χ4v) is 3.24. The van der Waals surface area contributed by atoms with Crippen LogP contribution < -0.4 is 5.32 Å². The lowest BCUT2D eigenvalue weighted by atomic mass is 10.1. The molecule has 0 aliphatic rings. The number of benzene rings is 3. The molecule has 1 atom stereocenters. The average molecular weight is 374 g/mol. The van der Waals surface area contributed by atoms with Crippen LogP contribution in [-0.4, -0.2) is 9.97 Å². The van der Waals surface area contributed by atoms with Crippen LogP contribution >= 0.6 is 11.6 Å². The van der Waals surface area contributed by atoms with Gasteiger partial charge in [-0.25, -0.2) is 9.97 Å². The Hall–Kier alpha value is -2.91. The van der Waals surface area contributed by atoms with Crippen molar-refractivity contribution in [3.63, 3.8) is 0 Å². The van der Waals surface area contributed by atoms with E-state index in [0.29, 0.717) is 10.8 Å². The van der Waals surface area contributed by atoms with E-state index in [1.54, 1.807) is 0 Å². The topological polar surface area (TPSA) is 37.8 Å². The molecule has 0 saturated heterocycles. The number of nitrogens with one attached hydrogen (secondary N) is 1. The van der Waals surface area contributed by atoms with Gasteiger partial charge in [-0.2, -0.15) is 0 Å². The largest absolute Gasteiger partial charge is 0.363 e. The van der Waals surface area contributed by atoms with Crippen molar-refractivity contribution in [2.24, 2.45) is 0 Å². The zero-order valence-corrected chi connectivity index (χ0v) is 16.0. The summed E-state index contributed by atoms with van der Waals surface area (Å²) in [6.45, 7) is 4.20. The lowest BCUT2D eigenvalue weighted by molar-refractivity contribution is 0.876. The average Bonchev–Trinajstić information content (AvgIpc) is 2.68. The first-order valence-corrected chi connectivity index (χ1v) is 9.34. The minimum atomic E-state index is 0.117. The van der Waals surface area contributed by atoms with Gasteiger partial charge in [-0.15, -0.1) is 0 Å². The Bertz CT molecular complexity index is 1080. The summed E-state index contributed by atoms with van der Waals surface area (Å²) < 4.78 is 0. The van der Waals surface area contributed by atoms with Gasteiger partial charge in [-0.3, -0.25) is 0 Å². The van der Waals surface area contributed by atoms with E-state index in [1.165, 1.54) is 11.1 Å². The molecule has 0 aliphatic heterocycles. The normalized spacial score (nSPS) is 12.1. The lowest BCUT2D eigenvalue weighted by Gasteiger charge is -2.17. The van der Waals surface area contributed by atoms with Crippen molar-refractivity contribution in [3.05, 3.63) is 88.9 Å². The van der Waals surface area contributed by atoms with E-state index in [2.05, 4.69) is 43.4 Å². The summed E-state index contributed by atoms with van der Waals surface area (Å²) in [7, 11) is 0. The zero-order chi connectivity index (χ0) is 18.8. The van der Waals surface area contributed by atoms with Crippen LogP contribution in [0.15, 0.2) is 72.8 Å². The first kappa shape index (κ1) is 17.5. The Labute approximate surface area is 164 Å². The second-order valence-corrected chi connectivity index (χ2v) is 7.14. The van der Waals surface area contributed by atoms with Gasteiger partial charge in [0, 0.05) is 22.0 Å². The van der Waals surface area contributed by atoms with Crippen molar-refractivity contribution in [2.45, 2.75) is 19.9 Å². The minimum Gasteiger partial charge on any atom is -0.363 e.